The second-order valence-electron chi connectivity index (χ2n) is 6.44. The number of ether oxygens (including phenoxy) is 1. The smallest absolute Gasteiger partial charge is 0.414 e. The van der Waals surface area contributed by atoms with Crippen LogP contribution >= 0.6 is 0 Å². The highest BCUT2D eigenvalue weighted by molar-refractivity contribution is 5.90. The number of nitro groups is 1. The first kappa shape index (κ1) is 16.3. The van der Waals surface area contributed by atoms with E-state index >= 15 is 0 Å². The van der Waals surface area contributed by atoms with Crippen LogP contribution in [0.15, 0.2) is 30.5 Å². The molecule has 2 aliphatic heterocycles. The van der Waals surface area contributed by atoms with Crippen molar-refractivity contribution in [3.05, 3.63) is 57.3 Å². The van der Waals surface area contributed by atoms with Crippen LogP contribution in [0.25, 0.3) is 0 Å². The Morgan fingerprint density at radius 2 is 2.15 bits per heavy atom. The predicted octanol–water partition coefficient (Wildman–Crippen LogP) is 2.82. The van der Waals surface area contributed by atoms with Gasteiger partial charge >= 0.3 is 6.09 Å². The zero-order valence-corrected chi connectivity index (χ0v) is 14.3. The van der Waals surface area contributed by atoms with Gasteiger partial charge in [0.15, 0.2) is 0 Å². The normalized spacial score (nSPS) is 16.4. The number of aromatic nitrogens is 1. The minimum absolute atomic E-state index is 0.00140. The molecule has 0 spiro atoms. The molecule has 0 radical (unpaired) electrons. The SMILES string of the molecule is Cc1cc([N+](=O)[O-])cnc1N1CCc2c(cccc2N2CCOC2=O)C1. The third kappa shape index (κ3) is 2.73. The summed E-state index contributed by atoms with van der Waals surface area (Å²) in [6.45, 7) is 4.21. The molecule has 8 heteroatoms. The Labute approximate surface area is 150 Å². The van der Waals surface area contributed by atoms with Gasteiger partial charge in [-0.1, -0.05) is 12.1 Å². The molecule has 0 aliphatic carbocycles. The molecule has 4 rings (SSSR count). The highest BCUT2D eigenvalue weighted by Crippen LogP contribution is 2.33. The second-order valence-corrected chi connectivity index (χ2v) is 6.44. The summed E-state index contributed by atoms with van der Waals surface area (Å²) < 4.78 is 5.06. The minimum Gasteiger partial charge on any atom is -0.447 e. The van der Waals surface area contributed by atoms with Crippen molar-refractivity contribution in [1.29, 1.82) is 0 Å². The molecule has 2 aliphatic rings. The molecule has 0 bridgehead atoms. The summed E-state index contributed by atoms with van der Waals surface area (Å²) in [5.41, 5.74) is 3.98. The lowest BCUT2D eigenvalue weighted by Gasteiger charge is -2.32. The summed E-state index contributed by atoms with van der Waals surface area (Å²) in [5, 5.41) is 10.9. The number of cyclic esters (lactones) is 1. The number of hydrogen-bond acceptors (Lipinski definition) is 6. The number of rotatable bonds is 3. The number of hydrogen-bond donors (Lipinski definition) is 0. The Balaban J connectivity index is 1.63. The Bertz CT molecular complexity index is 899. The molecule has 0 unspecified atom stereocenters. The van der Waals surface area contributed by atoms with E-state index in [4.69, 9.17) is 4.74 Å². The van der Waals surface area contributed by atoms with Gasteiger partial charge in [-0.3, -0.25) is 15.0 Å². The van der Waals surface area contributed by atoms with E-state index in [9.17, 15) is 14.9 Å². The zero-order chi connectivity index (χ0) is 18.3. The van der Waals surface area contributed by atoms with E-state index in [1.54, 1.807) is 11.0 Å². The molecular weight excluding hydrogens is 336 g/mol. The molecule has 26 heavy (non-hydrogen) atoms. The number of aryl methyl sites for hydroxylation is 1. The van der Waals surface area contributed by atoms with Gasteiger partial charge in [-0.05, 0) is 36.1 Å². The summed E-state index contributed by atoms with van der Waals surface area (Å²) in [6.07, 6.45) is 1.77. The fourth-order valence-corrected chi connectivity index (χ4v) is 3.62. The van der Waals surface area contributed by atoms with Crippen LogP contribution in [0.3, 0.4) is 0 Å². The average molecular weight is 354 g/mol. The summed E-state index contributed by atoms with van der Waals surface area (Å²) in [5.74, 6) is 0.757. The summed E-state index contributed by atoms with van der Waals surface area (Å²) in [7, 11) is 0. The standard InChI is InChI=1S/C18H18N4O4/c1-12-9-14(22(24)25)10-19-17(12)20-6-5-15-13(11-20)3-2-4-16(15)21-7-8-26-18(21)23/h2-4,9-10H,5-8,11H2,1H3. The quantitative estimate of drug-likeness (QED) is 0.622. The topological polar surface area (TPSA) is 88.8 Å². The summed E-state index contributed by atoms with van der Waals surface area (Å²) >= 11 is 0. The summed E-state index contributed by atoms with van der Waals surface area (Å²) in [4.78, 5) is 30.5. The Kier molecular flexibility index (Phi) is 3.95. The van der Waals surface area contributed by atoms with Crippen LogP contribution in [-0.2, 0) is 17.7 Å². The number of pyridine rings is 1. The predicted molar refractivity (Wildman–Crippen MR) is 95.5 cm³/mol. The van der Waals surface area contributed by atoms with E-state index < -0.39 is 4.92 Å². The zero-order valence-electron chi connectivity index (χ0n) is 14.3. The average Bonchev–Trinajstić information content (AvgIpc) is 3.06. The third-order valence-electron chi connectivity index (χ3n) is 4.84. The highest BCUT2D eigenvalue weighted by Gasteiger charge is 2.29. The number of fused-ring (bicyclic) bond motifs is 1. The number of anilines is 2. The van der Waals surface area contributed by atoms with Gasteiger partial charge in [-0.25, -0.2) is 9.78 Å². The van der Waals surface area contributed by atoms with Crippen molar-refractivity contribution >= 4 is 23.3 Å². The fourth-order valence-electron chi connectivity index (χ4n) is 3.62. The van der Waals surface area contributed by atoms with Crippen LogP contribution in [-0.4, -0.2) is 35.7 Å². The number of amides is 1. The molecule has 2 aromatic rings. The molecule has 8 nitrogen and oxygen atoms in total. The van der Waals surface area contributed by atoms with E-state index in [0.29, 0.717) is 19.7 Å². The minimum atomic E-state index is -0.434. The van der Waals surface area contributed by atoms with Gasteiger partial charge in [-0.2, -0.15) is 0 Å². The maximum atomic E-state index is 11.9. The van der Waals surface area contributed by atoms with Gasteiger partial charge in [0.2, 0.25) is 0 Å². The van der Waals surface area contributed by atoms with Crippen molar-refractivity contribution in [3.63, 3.8) is 0 Å². The van der Waals surface area contributed by atoms with Crippen molar-refractivity contribution < 1.29 is 14.5 Å². The highest BCUT2D eigenvalue weighted by atomic mass is 16.6. The van der Waals surface area contributed by atoms with Crippen molar-refractivity contribution in [2.75, 3.05) is 29.5 Å². The van der Waals surface area contributed by atoms with Crippen LogP contribution < -0.4 is 9.80 Å². The van der Waals surface area contributed by atoms with Crippen molar-refractivity contribution in [1.82, 2.24) is 4.98 Å². The van der Waals surface area contributed by atoms with Gasteiger partial charge in [0.25, 0.3) is 5.69 Å². The van der Waals surface area contributed by atoms with Gasteiger partial charge in [0.1, 0.15) is 18.6 Å². The van der Waals surface area contributed by atoms with Crippen LogP contribution in [0, 0.1) is 17.0 Å². The first-order valence-electron chi connectivity index (χ1n) is 8.45. The number of carbonyl (C=O) groups is 1. The monoisotopic (exact) mass is 354 g/mol. The molecule has 1 amide bonds. The molecule has 3 heterocycles. The molecule has 1 fully saturated rings. The lowest BCUT2D eigenvalue weighted by molar-refractivity contribution is -0.385. The third-order valence-corrected chi connectivity index (χ3v) is 4.84. The number of nitrogens with zero attached hydrogens (tertiary/aromatic N) is 4. The van der Waals surface area contributed by atoms with E-state index in [1.165, 1.54) is 6.20 Å². The van der Waals surface area contributed by atoms with Crippen LogP contribution in [0.2, 0.25) is 0 Å². The Hall–Kier alpha value is -3.16. The van der Waals surface area contributed by atoms with Crippen LogP contribution in [0.5, 0.6) is 0 Å². The molecule has 1 saturated heterocycles. The van der Waals surface area contributed by atoms with E-state index in [1.807, 2.05) is 25.1 Å². The summed E-state index contributed by atoms with van der Waals surface area (Å²) in [6, 6.07) is 7.50. The maximum absolute atomic E-state index is 11.9. The van der Waals surface area contributed by atoms with Gasteiger partial charge in [-0.15, -0.1) is 0 Å². The fraction of sp³-hybridized carbons (Fsp3) is 0.333. The Morgan fingerprint density at radius 1 is 1.31 bits per heavy atom. The van der Waals surface area contributed by atoms with Gasteiger partial charge < -0.3 is 9.64 Å². The van der Waals surface area contributed by atoms with Gasteiger partial charge in [0, 0.05) is 19.2 Å². The molecule has 1 aromatic heterocycles. The van der Waals surface area contributed by atoms with Crippen molar-refractivity contribution in [2.24, 2.45) is 0 Å². The molecular formula is C18H18N4O4. The first-order valence-corrected chi connectivity index (χ1v) is 8.45. The van der Waals surface area contributed by atoms with Gasteiger partial charge in [0.05, 0.1) is 17.2 Å². The maximum Gasteiger partial charge on any atom is 0.414 e. The second kappa shape index (κ2) is 6.29. The molecule has 0 saturated carbocycles. The van der Waals surface area contributed by atoms with Crippen LogP contribution in [0.4, 0.5) is 22.0 Å². The van der Waals surface area contributed by atoms with Crippen molar-refractivity contribution in [3.8, 4) is 0 Å². The molecule has 1 aromatic carbocycles. The number of benzene rings is 1. The molecule has 0 N–H and O–H groups in total. The van der Waals surface area contributed by atoms with E-state index in [-0.39, 0.29) is 11.8 Å². The lowest BCUT2D eigenvalue weighted by atomic mass is 9.97. The molecule has 0 atom stereocenters. The largest absolute Gasteiger partial charge is 0.447 e. The van der Waals surface area contributed by atoms with Crippen LogP contribution in [0.1, 0.15) is 16.7 Å². The first-order chi connectivity index (χ1) is 12.5. The van der Waals surface area contributed by atoms with E-state index in [2.05, 4.69) is 9.88 Å². The van der Waals surface area contributed by atoms with E-state index in [0.717, 1.165) is 41.2 Å². The Morgan fingerprint density at radius 3 is 2.85 bits per heavy atom. The van der Waals surface area contributed by atoms with Crippen molar-refractivity contribution in [2.45, 2.75) is 19.9 Å². The number of carbonyl (C=O) groups excluding carboxylic acids is 1. The lowest BCUT2D eigenvalue weighted by Crippen LogP contribution is -2.33. The molecule has 134 valence electrons.